The molecule has 2 aromatic rings. The van der Waals surface area contributed by atoms with Crippen LogP contribution in [-0.4, -0.2) is 19.5 Å². The Hall–Kier alpha value is -1.56. The van der Waals surface area contributed by atoms with Gasteiger partial charge in [0.05, 0.1) is 10.2 Å². The largest absolute Gasteiger partial charge is 0.320 e. The zero-order valence-electron chi connectivity index (χ0n) is 7.25. The molecule has 1 aromatic carbocycles. The summed E-state index contributed by atoms with van der Waals surface area (Å²) in [6, 6.07) is 6.97. The zero-order chi connectivity index (χ0) is 10.9. The van der Waals surface area contributed by atoms with Crippen molar-refractivity contribution in [1.82, 2.24) is 4.98 Å². The number of thiazole rings is 1. The van der Waals surface area contributed by atoms with Gasteiger partial charge < -0.3 is 0 Å². The van der Waals surface area contributed by atoms with Crippen molar-refractivity contribution in [3.8, 4) is 0 Å². The summed E-state index contributed by atoms with van der Waals surface area (Å²) in [6.07, 6.45) is 1.00. The van der Waals surface area contributed by atoms with Crippen LogP contribution in [-0.2, 0) is 14.8 Å². The minimum atomic E-state index is -3.96. The van der Waals surface area contributed by atoms with E-state index in [1.165, 1.54) is 0 Å². The van der Waals surface area contributed by atoms with Crippen LogP contribution in [0, 0.1) is 0 Å². The second kappa shape index (κ2) is 3.54. The fourth-order valence-electron chi connectivity index (χ4n) is 1.05. The second-order valence-electron chi connectivity index (χ2n) is 2.61. The third kappa shape index (κ3) is 1.80. The van der Waals surface area contributed by atoms with Gasteiger partial charge in [-0.05, 0) is 12.1 Å². The van der Waals surface area contributed by atoms with Gasteiger partial charge in [-0.25, -0.2) is 9.78 Å². The van der Waals surface area contributed by atoms with Gasteiger partial charge >= 0.3 is 10.0 Å². The molecule has 2 rings (SSSR count). The highest BCUT2D eigenvalue weighted by Crippen LogP contribution is 2.25. The number of nitrogens with zero attached hydrogens (tertiary/aromatic N) is 2. The normalized spacial score (nSPS) is 11.2. The van der Waals surface area contributed by atoms with Crippen molar-refractivity contribution < 1.29 is 13.2 Å². The fraction of sp³-hybridized carbons (Fsp3) is 0. The Labute approximate surface area is 89.2 Å². The van der Waals surface area contributed by atoms with Crippen molar-refractivity contribution in [2.45, 2.75) is 4.34 Å². The molecule has 1 aromatic heterocycles. The van der Waals surface area contributed by atoms with Gasteiger partial charge in [0.15, 0.2) is 0 Å². The first-order valence-corrected chi connectivity index (χ1v) is 6.09. The summed E-state index contributed by atoms with van der Waals surface area (Å²) in [4.78, 5) is 13.8. The molecular formula is C8H4N2O3S2. The Balaban J connectivity index is 2.69. The molecule has 0 saturated heterocycles. The number of rotatable bonds is 2. The van der Waals surface area contributed by atoms with E-state index in [4.69, 9.17) is 0 Å². The molecule has 0 aliphatic heterocycles. The molecule has 0 bridgehead atoms. The number of carbonyl (C=O) groups excluding carboxylic acids is 1. The molecular weight excluding hydrogens is 236 g/mol. The van der Waals surface area contributed by atoms with Crippen molar-refractivity contribution in [3.63, 3.8) is 0 Å². The number of benzene rings is 1. The fourth-order valence-corrected chi connectivity index (χ4v) is 2.94. The highest BCUT2D eigenvalue weighted by atomic mass is 32.2. The van der Waals surface area contributed by atoms with Crippen molar-refractivity contribution in [2.75, 3.05) is 0 Å². The Morgan fingerprint density at radius 2 is 2.07 bits per heavy atom. The number of sulfonamides is 1. The molecule has 15 heavy (non-hydrogen) atoms. The van der Waals surface area contributed by atoms with Crippen LogP contribution in [0.25, 0.3) is 10.2 Å². The molecule has 0 unspecified atom stereocenters. The van der Waals surface area contributed by atoms with E-state index in [1.54, 1.807) is 24.3 Å². The smallest absolute Gasteiger partial charge is 0.223 e. The highest BCUT2D eigenvalue weighted by molar-refractivity contribution is 7.92. The van der Waals surface area contributed by atoms with Gasteiger partial charge in [-0.1, -0.05) is 16.5 Å². The van der Waals surface area contributed by atoms with E-state index in [-0.39, 0.29) is 4.34 Å². The first-order valence-electron chi connectivity index (χ1n) is 3.83. The number of isocyanates is 1. The van der Waals surface area contributed by atoms with E-state index in [2.05, 4.69) is 9.38 Å². The lowest BCUT2D eigenvalue weighted by Crippen LogP contribution is -1.94. The Morgan fingerprint density at radius 1 is 1.33 bits per heavy atom. The van der Waals surface area contributed by atoms with Gasteiger partial charge in [0.25, 0.3) is 6.08 Å². The molecule has 0 N–H and O–H groups in total. The summed E-state index contributed by atoms with van der Waals surface area (Å²) in [7, 11) is -3.96. The van der Waals surface area contributed by atoms with Gasteiger partial charge in [0.1, 0.15) is 0 Å². The monoisotopic (exact) mass is 240 g/mol. The van der Waals surface area contributed by atoms with Gasteiger partial charge in [-0.15, -0.1) is 11.3 Å². The Bertz CT molecular complexity index is 620. The second-order valence-corrected chi connectivity index (χ2v) is 5.41. The zero-order valence-corrected chi connectivity index (χ0v) is 8.88. The van der Waals surface area contributed by atoms with E-state index in [1.807, 2.05) is 0 Å². The summed E-state index contributed by atoms with van der Waals surface area (Å²) in [5, 5.41) is 0. The lowest BCUT2D eigenvalue weighted by Gasteiger charge is -1.85. The summed E-state index contributed by atoms with van der Waals surface area (Å²) in [6.45, 7) is 0. The molecule has 0 amide bonds. The Morgan fingerprint density at radius 3 is 2.73 bits per heavy atom. The lowest BCUT2D eigenvalue weighted by molar-refractivity contribution is 0.563. The minimum absolute atomic E-state index is 0.188. The van der Waals surface area contributed by atoms with Gasteiger partial charge in [0, 0.05) is 0 Å². The number of hydrogen-bond acceptors (Lipinski definition) is 5. The Kier molecular flexibility index (Phi) is 2.36. The summed E-state index contributed by atoms with van der Waals surface area (Å²) in [5.74, 6) is 0. The van der Waals surface area contributed by atoms with E-state index >= 15 is 0 Å². The maximum absolute atomic E-state index is 11.3. The molecule has 0 saturated carbocycles. The molecule has 0 aliphatic rings. The maximum atomic E-state index is 11.3. The highest BCUT2D eigenvalue weighted by Gasteiger charge is 2.18. The van der Waals surface area contributed by atoms with Gasteiger partial charge in [0.2, 0.25) is 4.34 Å². The summed E-state index contributed by atoms with van der Waals surface area (Å²) >= 11 is 0.972. The van der Waals surface area contributed by atoms with E-state index in [9.17, 15) is 13.2 Å². The van der Waals surface area contributed by atoms with E-state index < -0.39 is 10.0 Å². The van der Waals surface area contributed by atoms with E-state index in [0.29, 0.717) is 5.52 Å². The molecule has 0 aliphatic carbocycles. The first-order chi connectivity index (χ1) is 7.13. The summed E-state index contributed by atoms with van der Waals surface area (Å²) < 4.78 is 25.9. The van der Waals surface area contributed by atoms with Crippen molar-refractivity contribution in [3.05, 3.63) is 24.3 Å². The standard InChI is InChI=1S/C8H4N2O3S2/c11-5-9-15(12,13)8-10-6-3-1-2-4-7(6)14-8/h1-4H. The van der Waals surface area contributed by atoms with E-state index in [0.717, 1.165) is 22.1 Å². The van der Waals surface area contributed by atoms with Gasteiger partial charge in [-0.2, -0.15) is 8.42 Å². The number of aromatic nitrogens is 1. The molecule has 7 heteroatoms. The van der Waals surface area contributed by atoms with Crippen molar-refractivity contribution >= 4 is 37.7 Å². The topological polar surface area (TPSA) is 76.5 Å². The summed E-state index contributed by atoms with van der Waals surface area (Å²) in [5.41, 5.74) is 0.571. The van der Waals surface area contributed by atoms with Crippen LogP contribution < -0.4 is 0 Å². The third-order valence-corrected chi connectivity index (χ3v) is 4.21. The average Bonchev–Trinajstić information content (AvgIpc) is 2.61. The van der Waals surface area contributed by atoms with Gasteiger partial charge in [-0.3, -0.25) is 0 Å². The molecule has 0 spiro atoms. The van der Waals surface area contributed by atoms with Crippen molar-refractivity contribution in [2.24, 2.45) is 4.40 Å². The maximum Gasteiger partial charge on any atom is 0.320 e. The van der Waals surface area contributed by atoms with Crippen LogP contribution in [0.3, 0.4) is 0 Å². The van der Waals surface area contributed by atoms with Crippen LogP contribution in [0.15, 0.2) is 33.0 Å². The molecule has 0 fully saturated rings. The average molecular weight is 240 g/mol. The van der Waals surface area contributed by atoms with Crippen molar-refractivity contribution in [1.29, 1.82) is 0 Å². The van der Waals surface area contributed by atoms with Crippen LogP contribution in [0.4, 0.5) is 0 Å². The number of hydrogen-bond donors (Lipinski definition) is 0. The predicted octanol–water partition coefficient (Wildman–Crippen LogP) is 1.32. The molecule has 76 valence electrons. The van der Waals surface area contributed by atoms with Crippen LogP contribution in [0.1, 0.15) is 0 Å². The van der Waals surface area contributed by atoms with Crippen LogP contribution in [0.5, 0.6) is 0 Å². The quantitative estimate of drug-likeness (QED) is 0.586. The SMILES string of the molecule is O=C=NS(=O)(=O)c1nc2ccccc2s1. The minimum Gasteiger partial charge on any atom is -0.223 e. The lowest BCUT2D eigenvalue weighted by atomic mass is 10.3. The molecule has 0 radical (unpaired) electrons. The van der Waals surface area contributed by atoms with Crippen LogP contribution in [0.2, 0.25) is 0 Å². The number of fused-ring (bicyclic) bond motifs is 1. The van der Waals surface area contributed by atoms with Crippen LogP contribution >= 0.6 is 11.3 Å². The predicted molar refractivity (Wildman–Crippen MR) is 54.9 cm³/mol. The molecule has 5 nitrogen and oxygen atoms in total. The molecule has 1 heterocycles. The first kappa shape index (κ1) is 9.97. The number of para-hydroxylation sites is 1. The molecule has 0 atom stereocenters. The third-order valence-electron chi connectivity index (χ3n) is 1.65.